The fraction of sp³-hybridized carbons (Fsp3) is 0.909. The number of nitrogens with two attached hydrogens (primary N) is 1. The van der Waals surface area contributed by atoms with Crippen molar-refractivity contribution in [3.05, 3.63) is 12.2 Å². The van der Waals surface area contributed by atoms with E-state index in [4.69, 9.17) is 24.3 Å². The Kier molecular flexibility index (Phi) is 37.3. The van der Waals surface area contributed by atoms with Gasteiger partial charge in [0.05, 0.1) is 27.7 Å². The molecule has 0 heterocycles. The smallest absolute Gasteiger partial charge is 0.462 e. The predicted octanol–water partition coefficient (Wildman–Crippen LogP) is 11.5. The van der Waals surface area contributed by atoms with E-state index in [0.29, 0.717) is 17.4 Å². The molecule has 11 heteroatoms. The number of phosphoric acid groups is 1. The molecule has 0 radical (unpaired) electrons. The zero-order valence-electron chi connectivity index (χ0n) is 36.3. The number of nitrogens with zero attached hydrogens (tertiary/aromatic N) is 1. The van der Waals surface area contributed by atoms with Crippen molar-refractivity contribution in [3.8, 4) is 0 Å². The van der Waals surface area contributed by atoms with Gasteiger partial charge in [0.25, 0.3) is 0 Å². The third kappa shape index (κ3) is 42.1. The molecule has 0 saturated carbocycles. The lowest BCUT2D eigenvalue weighted by molar-refractivity contribution is -0.870. The standard InChI is InChI=1S/C44H87N2O8P/c1-5-6-7-8-9-10-11-12-14-18-21-24-27-30-33-36-44(48)54-42(41-53-55(49,50)52-39-38-46(2,3)4)40-51-43(47)35-32-29-26-23-20-17-15-13-16-19-22-25-28-31-34-37-45/h12,14,42H,5-11,13,15-41,45H2,1-4H3/p+1/b14-12-/t42-/m1/s1. The van der Waals surface area contributed by atoms with Crippen molar-refractivity contribution in [1.82, 2.24) is 0 Å². The maximum atomic E-state index is 12.7. The summed E-state index contributed by atoms with van der Waals surface area (Å²) in [7, 11) is 1.47. The minimum absolute atomic E-state index is 0.0305. The van der Waals surface area contributed by atoms with Gasteiger partial charge in [0.15, 0.2) is 6.10 Å². The molecule has 1 unspecified atom stereocenters. The zero-order chi connectivity index (χ0) is 40.7. The maximum absolute atomic E-state index is 12.7. The van der Waals surface area contributed by atoms with Crippen LogP contribution in [0.3, 0.4) is 0 Å². The van der Waals surface area contributed by atoms with Crippen LogP contribution in [0.5, 0.6) is 0 Å². The topological polar surface area (TPSA) is 134 Å². The molecule has 0 aromatic heterocycles. The predicted molar refractivity (Wildman–Crippen MR) is 228 cm³/mol. The Labute approximate surface area is 338 Å². The quantitative estimate of drug-likeness (QED) is 0.0203. The molecule has 0 aliphatic rings. The summed E-state index contributed by atoms with van der Waals surface area (Å²) in [5.74, 6) is -0.806. The van der Waals surface area contributed by atoms with Gasteiger partial charge in [-0.3, -0.25) is 18.6 Å². The first-order chi connectivity index (χ1) is 26.5. The molecular formula is C44H88N2O8P+. The number of allylic oxidation sites excluding steroid dienone is 2. The highest BCUT2D eigenvalue weighted by Gasteiger charge is 2.27. The van der Waals surface area contributed by atoms with E-state index >= 15 is 0 Å². The van der Waals surface area contributed by atoms with Crippen LogP contribution in [0, 0.1) is 0 Å². The molecule has 0 aromatic carbocycles. The van der Waals surface area contributed by atoms with Crippen molar-refractivity contribution in [2.75, 3.05) is 54.1 Å². The monoisotopic (exact) mass is 804 g/mol. The molecule has 55 heavy (non-hydrogen) atoms. The Morgan fingerprint density at radius 2 is 1.02 bits per heavy atom. The van der Waals surface area contributed by atoms with Crippen LogP contribution < -0.4 is 5.73 Å². The molecule has 10 nitrogen and oxygen atoms in total. The molecule has 3 N–H and O–H groups in total. The van der Waals surface area contributed by atoms with Crippen LogP contribution in [0.25, 0.3) is 0 Å². The number of quaternary nitrogens is 1. The van der Waals surface area contributed by atoms with E-state index in [2.05, 4.69) is 19.1 Å². The third-order valence-corrected chi connectivity index (χ3v) is 10.9. The van der Waals surface area contributed by atoms with E-state index in [-0.39, 0.29) is 32.0 Å². The number of carbonyl (C=O) groups excluding carboxylic acids is 2. The van der Waals surface area contributed by atoms with Crippen LogP contribution in [0.1, 0.15) is 200 Å². The fourth-order valence-electron chi connectivity index (χ4n) is 6.32. The summed E-state index contributed by atoms with van der Waals surface area (Å²) in [5, 5.41) is 0. The second-order valence-electron chi connectivity index (χ2n) is 16.6. The number of likely N-dealkylation sites (N-methyl/N-ethyl adjacent to an activating group) is 1. The number of rotatable bonds is 42. The van der Waals surface area contributed by atoms with Crippen molar-refractivity contribution in [1.29, 1.82) is 0 Å². The number of hydrogen-bond acceptors (Lipinski definition) is 8. The Balaban J connectivity index is 4.32. The molecule has 0 amide bonds. The molecule has 326 valence electrons. The summed E-state index contributed by atoms with van der Waals surface area (Å²) in [4.78, 5) is 35.4. The van der Waals surface area contributed by atoms with Crippen LogP contribution in [0.15, 0.2) is 12.2 Å². The van der Waals surface area contributed by atoms with Gasteiger partial charge < -0.3 is 24.6 Å². The van der Waals surface area contributed by atoms with Crippen molar-refractivity contribution >= 4 is 19.8 Å². The molecule has 0 bridgehead atoms. The van der Waals surface area contributed by atoms with E-state index in [9.17, 15) is 19.0 Å². The molecule has 0 aromatic rings. The largest absolute Gasteiger partial charge is 0.472 e. The van der Waals surface area contributed by atoms with E-state index < -0.39 is 26.5 Å². The third-order valence-electron chi connectivity index (χ3n) is 9.90. The Morgan fingerprint density at radius 3 is 1.47 bits per heavy atom. The highest BCUT2D eigenvalue weighted by atomic mass is 31.2. The normalized spacial score (nSPS) is 13.6. The molecule has 0 saturated heterocycles. The lowest BCUT2D eigenvalue weighted by atomic mass is 10.0. The molecule has 2 atom stereocenters. The zero-order valence-corrected chi connectivity index (χ0v) is 37.2. The molecule has 0 aliphatic carbocycles. The Morgan fingerprint density at radius 1 is 0.600 bits per heavy atom. The first kappa shape index (κ1) is 53.7. The van der Waals surface area contributed by atoms with Gasteiger partial charge in [-0.15, -0.1) is 0 Å². The van der Waals surface area contributed by atoms with Crippen molar-refractivity contribution in [2.45, 2.75) is 206 Å². The summed E-state index contributed by atoms with van der Waals surface area (Å²) in [6.45, 7) is 2.97. The molecule has 0 rings (SSSR count). The average molecular weight is 804 g/mol. The van der Waals surface area contributed by atoms with Crippen LogP contribution in [0.2, 0.25) is 0 Å². The number of ether oxygens (including phenoxy) is 2. The van der Waals surface area contributed by atoms with Gasteiger partial charge >= 0.3 is 19.8 Å². The van der Waals surface area contributed by atoms with Crippen molar-refractivity contribution in [3.63, 3.8) is 0 Å². The Hall–Kier alpha value is -1.29. The number of esters is 2. The fourth-order valence-corrected chi connectivity index (χ4v) is 7.06. The van der Waals surface area contributed by atoms with Crippen LogP contribution in [-0.2, 0) is 32.7 Å². The second kappa shape index (κ2) is 38.2. The minimum Gasteiger partial charge on any atom is -0.462 e. The van der Waals surface area contributed by atoms with E-state index in [1.165, 1.54) is 116 Å². The van der Waals surface area contributed by atoms with Crippen molar-refractivity contribution in [2.24, 2.45) is 5.73 Å². The molecule has 0 spiro atoms. The lowest BCUT2D eigenvalue weighted by Crippen LogP contribution is -2.37. The van der Waals surface area contributed by atoms with Gasteiger partial charge in [-0.1, -0.05) is 154 Å². The van der Waals surface area contributed by atoms with Gasteiger partial charge in [0.2, 0.25) is 0 Å². The van der Waals surface area contributed by atoms with Gasteiger partial charge in [0, 0.05) is 12.8 Å². The summed E-state index contributed by atoms with van der Waals surface area (Å²) < 4.78 is 34.3. The highest BCUT2D eigenvalue weighted by molar-refractivity contribution is 7.47. The van der Waals surface area contributed by atoms with Gasteiger partial charge in [0.1, 0.15) is 19.8 Å². The SMILES string of the molecule is CCCCCCCC/C=C\CCCCCCCC(=O)O[C@H](COC(=O)CCCCCCCCCCCCCCCCCN)COP(=O)(O)OCC[N+](C)(C)C. The maximum Gasteiger partial charge on any atom is 0.472 e. The summed E-state index contributed by atoms with van der Waals surface area (Å²) in [6, 6.07) is 0. The molecule has 0 fully saturated rings. The number of carbonyl (C=O) groups is 2. The second-order valence-corrected chi connectivity index (χ2v) is 18.0. The van der Waals surface area contributed by atoms with E-state index in [1.54, 1.807) is 0 Å². The minimum atomic E-state index is -4.37. The van der Waals surface area contributed by atoms with Crippen LogP contribution in [0.4, 0.5) is 0 Å². The van der Waals surface area contributed by atoms with E-state index in [0.717, 1.165) is 64.3 Å². The lowest BCUT2D eigenvalue weighted by Gasteiger charge is -2.24. The van der Waals surface area contributed by atoms with Crippen LogP contribution in [-0.4, -0.2) is 81.5 Å². The van der Waals surface area contributed by atoms with Gasteiger partial charge in [-0.2, -0.15) is 0 Å². The van der Waals surface area contributed by atoms with Crippen LogP contribution >= 0.6 is 7.82 Å². The summed E-state index contributed by atoms with van der Waals surface area (Å²) in [5.41, 5.74) is 5.55. The van der Waals surface area contributed by atoms with Gasteiger partial charge in [-0.25, -0.2) is 4.57 Å². The summed E-state index contributed by atoms with van der Waals surface area (Å²) >= 11 is 0. The summed E-state index contributed by atoms with van der Waals surface area (Å²) in [6.07, 6.45) is 37.6. The van der Waals surface area contributed by atoms with E-state index in [1.807, 2.05) is 21.1 Å². The van der Waals surface area contributed by atoms with Crippen molar-refractivity contribution < 1.29 is 42.1 Å². The highest BCUT2D eigenvalue weighted by Crippen LogP contribution is 2.43. The Bertz CT molecular complexity index is 959. The molecular weight excluding hydrogens is 715 g/mol. The molecule has 0 aliphatic heterocycles. The number of phosphoric ester groups is 1. The first-order valence-corrected chi connectivity index (χ1v) is 24.1. The van der Waals surface area contributed by atoms with Gasteiger partial charge in [-0.05, 0) is 51.5 Å². The number of hydrogen-bond donors (Lipinski definition) is 2. The first-order valence-electron chi connectivity index (χ1n) is 22.6. The average Bonchev–Trinajstić information content (AvgIpc) is 3.13. The number of unbranched alkanes of at least 4 members (excludes halogenated alkanes) is 25.